The summed E-state index contributed by atoms with van der Waals surface area (Å²) in [5, 5.41) is 11.6. The molecule has 4 aromatic carbocycles. The second kappa shape index (κ2) is 11.4. The number of carbonyl (C=O) groups excluding carboxylic acids is 2. The van der Waals surface area contributed by atoms with Crippen molar-refractivity contribution >= 4 is 45.9 Å². The largest absolute Gasteiger partial charge is 0.322 e. The Kier molecular flexibility index (Phi) is 7.26. The highest BCUT2D eigenvalue weighted by molar-refractivity contribution is 7.20. The smallest absolute Gasteiger partial charge is 0.255 e. The summed E-state index contributed by atoms with van der Waals surface area (Å²) in [4.78, 5) is 34.4. The molecule has 6 rings (SSSR count). The fraction of sp³-hybridized carbons (Fsp3) is 0. The molecule has 0 aliphatic rings. The third-order valence-corrected chi connectivity index (χ3v) is 7.97. The normalized spacial score (nSPS) is 10.7. The molecule has 0 saturated carbocycles. The number of anilines is 2. The Labute approximate surface area is 239 Å². The minimum absolute atomic E-state index is 0.143. The molecule has 2 aromatic heterocycles. The maximum absolute atomic E-state index is 12.4. The summed E-state index contributed by atoms with van der Waals surface area (Å²) in [6.45, 7) is 0. The van der Waals surface area contributed by atoms with E-state index in [-0.39, 0.29) is 11.8 Å². The zero-order chi connectivity index (χ0) is 27.3. The molecule has 2 amide bonds. The van der Waals surface area contributed by atoms with E-state index in [0.29, 0.717) is 11.1 Å². The number of amides is 2. The molecule has 0 fully saturated rings. The Balaban J connectivity index is 1.11. The molecule has 0 aliphatic carbocycles. The summed E-state index contributed by atoms with van der Waals surface area (Å²) < 4.78 is 0. The van der Waals surface area contributed by atoms with Crippen molar-refractivity contribution in [3.8, 4) is 32.5 Å². The fourth-order valence-corrected chi connectivity index (χ4v) is 5.75. The van der Waals surface area contributed by atoms with Crippen LogP contribution in [-0.2, 0) is 0 Å². The van der Waals surface area contributed by atoms with Gasteiger partial charge in [0.05, 0.1) is 11.4 Å². The van der Waals surface area contributed by atoms with Crippen LogP contribution in [-0.4, -0.2) is 21.8 Å². The second-order valence-electron chi connectivity index (χ2n) is 8.87. The van der Waals surface area contributed by atoms with Gasteiger partial charge in [-0.05, 0) is 48.5 Å². The lowest BCUT2D eigenvalue weighted by atomic mass is 10.1. The van der Waals surface area contributed by atoms with Crippen LogP contribution in [0.3, 0.4) is 0 Å². The number of hydrogen-bond donors (Lipinski definition) is 2. The highest BCUT2D eigenvalue weighted by atomic mass is 32.1. The summed E-state index contributed by atoms with van der Waals surface area (Å²) >= 11 is 3.09. The minimum atomic E-state index is -0.143. The van der Waals surface area contributed by atoms with E-state index in [2.05, 4.69) is 10.6 Å². The molecule has 6 nitrogen and oxygen atoms in total. The predicted octanol–water partition coefficient (Wildman–Crippen LogP) is 8.11. The van der Waals surface area contributed by atoms with Crippen LogP contribution in [0.4, 0.5) is 11.4 Å². The topological polar surface area (TPSA) is 84.0 Å². The van der Waals surface area contributed by atoms with E-state index >= 15 is 0 Å². The molecule has 40 heavy (non-hydrogen) atoms. The van der Waals surface area contributed by atoms with Crippen LogP contribution < -0.4 is 10.6 Å². The average molecular weight is 559 g/mol. The third kappa shape index (κ3) is 5.73. The number of nitrogens with one attached hydrogen (secondary N) is 2. The summed E-state index contributed by atoms with van der Waals surface area (Å²) in [6.07, 6.45) is 0. The molecule has 8 heteroatoms. The van der Waals surface area contributed by atoms with Crippen molar-refractivity contribution in [3.63, 3.8) is 0 Å². The first kappa shape index (κ1) is 25.4. The van der Waals surface area contributed by atoms with Crippen LogP contribution in [0.25, 0.3) is 32.5 Å². The lowest BCUT2D eigenvalue weighted by Crippen LogP contribution is -2.11. The van der Waals surface area contributed by atoms with Gasteiger partial charge >= 0.3 is 0 Å². The molecule has 0 spiro atoms. The zero-order valence-electron chi connectivity index (χ0n) is 21.1. The number of aromatic nitrogens is 2. The van der Waals surface area contributed by atoms with Gasteiger partial charge in [0, 0.05) is 44.4 Å². The van der Waals surface area contributed by atoms with E-state index in [1.807, 2.05) is 95.7 Å². The van der Waals surface area contributed by atoms with Crippen LogP contribution in [0.1, 0.15) is 20.7 Å². The number of nitrogens with zero attached hydrogens (tertiary/aromatic N) is 2. The van der Waals surface area contributed by atoms with Crippen molar-refractivity contribution in [2.75, 3.05) is 10.6 Å². The maximum atomic E-state index is 12.4. The minimum Gasteiger partial charge on any atom is -0.322 e. The van der Waals surface area contributed by atoms with E-state index in [4.69, 9.17) is 9.97 Å². The van der Waals surface area contributed by atoms with E-state index in [1.165, 1.54) is 0 Å². The number of thiazole rings is 2. The number of hydrogen-bond acceptors (Lipinski definition) is 6. The van der Waals surface area contributed by atoms with Gasteiger partial charge in [-0.2, -0.15) is 0 Å². The molecule has 2 heterocycles. The van der Waals surface area contributed by atoms with Gasteiger partial charge in [0.1, 0.15) is 0 Å². The van der Waals surface area contributed by atoms with Gasteiger partial charge in [-0.3, -0.25) is 9.59 Å². The number of carbonyl (C=O) groups is 2. The zero-order valence-corrected chi connectivity index (χ0v) is 22.7. The molecule has 0 atom stereocenters. The Morgan fingerprint density at radius 2 is 0.875 bits per heavy atom. The van der Waals surface area contributed by atoms with Crippen LogP contribution in [0.2, 0.25) is 0 Å². The maximum Gasteiger partial charge on any atom is 0.255 e. The van der Waals surface area contributed by atoms with E-state index < -0.39 is 0 Å². The summed E-state index contributed by atoms with van der Waals surface area (Å²) in [7, 11) is 0. The first-order chi connectivity index (χ1) is 19.6. The van der Waals surface area contributed by atoms with Crippen molar-refractivity contribution in [1.82, 2.24) is 9.97 Å². The fourth-order valence-electron chi connectivity index (χ4n) is 4.04. The number of benzene rings is 4. The SMILES string of the molecule is O=C(Nc1ccc(-c2csc(-c3nc(-c4ccc(NC(=O)c5ccccc5)cc4)cs3)n2)cc1)c1ccccc1. The molecular formula is C32H22N4O2S2. The molecule has 2 N–H and O–H groups in total. The molecule has 0 unspecified atom stereocenters. The van der Waals surface area contributed by atoms with Gasteiger partial charge in [0.25, 0.3) is 11.8 Å². The van der Waals surface area contributed by atoms with Crippen molar-refractivity contribution < 1.29 is 9.59 Å². The highest BCUT2D eigenvalue weighted by Gasteiger charge is 2.13. The monoisotopic (exact) mass is 558 g/mol. The van der Waals surface area contributed by atoms with Crippen LogP contribution in [0.5, 0.6) is 0 Å². The van der Waals surface area contributed by atoms with Crippen molar-refractivity contribution in [2.24, 2.45) is 0 Å². The van der Waals surface area contributed by atoms with E-state index in [1.54, 1.807) is 46.9 Å². The average Bonchev–Trinajstić information content (AvgIpc) is 3.70. The van der Waals surface area contributed by atoms with E-state index in [0.717, 1.165) is 43.9 Å². The molecule has 0 saturated heterocycles. The van der Waals surface area contributed by atoms with E-state index in [9.17, 15) is 9.59 Å². The molecular weight excluding hydrogens is 537 g/mol. The van der Waals surface area contributed by atoms with Gasteiger partial charge in [-0.1, -0.05) is 60.7 Å². The molecule has 6 aromatic rings. The number of rotatable bonds is 7. The first-order valence-electron chi connectivity index (χ1n) is 12.5. The van der Waals surface area contributed by atoms with Gasteiger partial charge < -0.3 is 10.6 Å². The molecule has 0 bridgehead atoms. The van der Waals surface area contributed by atoms with Gasteiger partial charge in [-0.15, -0.1) is 22.7 Å². The highest BCUT2D eigenvalue weighted by Crippen LogP contribution is 2.34. The second-order valence-corrected chi connectivity index (χ2v) is 10.6. The van der Waals surface area contributed by atoms with Crippen molar-refractivity contribution in [2.45, 2.75) is 0 Å². The Morgan fingerprint density at radius 3 is 1.25 bits per heavy atom. The first-order valence-corrected chi connectivity index (χ1v) is 14.2. The van der Waals surface area contributed by atoms with Crippen molar-refractivity contribution in [1.29, 1.82) is 0 Å². The Hall–Kier alpha value is -4.92. The van der Waals surface area contributed by atoms with Crippen LogP contribution >= 0.6 is 22.7 Å². The summed E-state index contributed by atoms with van der Waals surface area (Å²) in [5.41, 5.74) is 6.32. The lowest BCUT2D eigenvalue weighted by Gasteiger charge is -2.06. The quantitative estimate of drug-likeness (QED) is 0.207. The van der Waals surface area contributed by atoms with Gasteiger partial charge in [-0.25, -0.2) is 9.97 Å². The Morgan fingerprint density at radius 1 is 0.500 bits per heavy atom. The molecule has 194 valence electrons. The lowest BCUT2D eigenvalue weighted by molar-refractivity contribution is 0.101. The molecule has 0 radical (unpaired) electrons. The summed E-state index contributed by atoms with van der Waals surface area (Å²) in [6, 6.07) is 33.6. The summed E-state index contributed by atoms with van der Waals surface area (Å²) in [5.74, 6) is -0.286. The predicted molar refractivity (Wildman–Crippen MR) is 163 cm³/mol. The van der Waals surface area contributed by atoms with Gasteiger partial charge in [0.15, 0.2) is 10.0 Å². The standard InChI is InChI=1S/C32H22N4O2S2/c37-29(23-7-3-1-4-8-23)33-25-15-11-21(12-16-25)27-19-39-31(35-27)32-36-28(20-40-32)22-13-17-26(18-14-22)34-30(38)24-9-5-2-6-10-24/h1-20H,(H,33,37)(H,34,38). The third-order valence-electron chi connectivity index (χ3n) is 6.14. The van der Waals surface area contributed by atoms with Crippen molar-refractivity contribution in [3.05, 3.63) is 131 Å². The molecule has 0 aliphatic heterocycles. The van der Waals surface area contributed by atoms with Crippen LogP contribution in [0.15, 0.2) is 120 Å². The van der Waals surface area contributed by atoms with Crippen LogP contribution in [0, 0.1) is 0 Å². The van der Waals surface area contributed by atoms with Gasteiger partial charge in [0.2, 0.25) is 0 Å². The Bertz CT molecular complexity index is 1630.